The van der Waals surface area contributed by atoms with Crippen LogP contribution in [0.4, 0.5) is 10.1 Å². The number of aromatic nitrogens is 3. The molecule has 0 aliphatic carbocycles. The van der Waals surface area contributed by atoms with Crippen molar-refractivity contribution in [3.05, 3.63) is 63.9 Å². The minimum atomic E-state index is -0.863. The topological polar surface area (TPSA) is 119 Å². The Bertz CT molecular complexity index is 1230. The van der Waals surface area contributed by atoms with Gasteiger partial charge in [-0.15, -0.1) is 10.2 Å². The normalized spacial score (nSPS) is 11.8. The zero-order valence-corrected chi connectivity index (χ0v) is 18.7. The summed E-state index contributed by atoms with van der Waals surface area (Å²) in [5.41, 5.74) is 2.05. The first-order chi connectivity index (χ1) is 15.0. The largest absolute Gasteiger partial charge is 0.423 e. The summed E-state index contributed by atoms with van der Waals surface area (Å²) in [6.45, 7) is 8.10. The van der Waals surface area contributed by atoms with E-state index in [4.69, 9.17) is 4.42 Å². The second-order valence-electron chi connectivity index (χ2n) is 7.59. The molecule has 10 heteroatoms. The van der Waals surface area contributed by atoms with Gasteiger partial charge in [-0.2, -0.15) is 0 Å². The number of anilines is 1. The lowest BCUT2D eigenvalue weighted by molar-refractivity contribution is -0.117. The van der Waals surface area contributed by atoms with E-state index in [9.17, 15) is 18.8 Å². The van der Waals surface area contributed by atoms with E-state index in [2.05, 4.69) is 20.8 Å². The zero-order valence-electron chi connectivity index (χ0n) is 18.7. The van der Waals surface area contributed by atoms with E-state index >= 15 is 0 Å². The highest BCUT2D eigenvalue weighted by molar-refractivity contribution is 6.43. The summed E-state index contributed by atoms with van der Waals surface area (Å²) in [6.07, 6.45) is 0. The number of hydrogen-bond donors (Lipinski definition) is 2. The predicted octanol–water partition coefficient (Wildman–Crippen LogP) is 3.09. The van der Waals surface area contributed by atoms with Gasteiger partial charge in [0.2, 0.25) is 11.8 Å². The van der Waals surface area contributed by atoms with Crippen molar-refractivity contribution < 1.29 is 23.2 Å². The second-order valence-corrected chi connectivity index (χ2v) is 7.59. The molecule has 0 saturated heterocycles. The van der Waals surface area contributed by atoms with Crippen LogP contribution in [-0.4, -0.2) is 32.4 Å². The lowest BCUT2D eigenvalue weighted by Gasteiger charge is -2.10. The summed E-state index contributed by atoms with van der Waals surface area (Å²) < 4.78 is 20.3. The maximum Gasteiger partial charge on any atom is 0.294 e. The molecule has 168 valence electrons. The average molecular weight is 441 g/mol. The third-order valence-electron chi connectivity index (χ3n) is 5.25. The monoisotopic (exact) mass is 441 g/mol. The van der Waals surface area contributed by atoms with Crippen LogP contribution < -0.4 is 10.6 Å². The van der Waals surface area contributed by atoms with Gasteiger partial charge in [0, 0.05) is 25.4 Å². The molecule has 2 N–H and O–H groups in total. The number of aryl methyl sites for hydroxylation is 2. The smallest absolute Gasteiger partial charge is 0.294 e. The summed E-state index contributed by atoms with van der Waals surface area (Å²) in [6, 6.07) is 3.56. The summed E-state index contributed by atoms with van der Waals surface area (Å²) in [5, 5.41) is 12.8. The Morgan fingerprint density at radius 1 is 1.12 bits per heavy atom. The fourth-order valence-corrected chi connectivity index (χ4v) is 3.47. The van der Waals surface area contributed by atoms with Crippen molar-refractivity contribution >= 4 is 23.3 Å². The molecule has 1 unspecified atom stereocenters. The van der Waals surface area contributed by atoms with Gasteiger partial charge in [-0.25, -0.2) is 4.39 Å². The van der Waals surface area contributed by atoms with E-state index in [1.807, 2.05) is 0 Å². The van der Waals surface area contributed by atoms with Crippen molar-refractivity contribution in [2.45, 2.75) is 40.7 Å². The molecule has 9 nitrogen and oxygen atoms in total. The molecule has 2 amide bonds. The first-order valence-electron chi connectivity index (χ1n) is 9.89. The molecule has 2 aromatic heterocycles. The quantitative estimate of drug-likeness (QED) is 0.448. The molecule has 0 aliphatic rings. The Morgan fingerprint density at radius 3 is 2.41 bits per heavy atom. The van der Waals surface area contributed by atoms with Crippen LogP contribution in [-0.2, 0) is 11.8 Å². The van der Waals surface area contributed by atoms with E-state index in [-0.39, 0.29) is 23.0 Å². The molecule has 32 heavy (non-hydrogen) atoms. The zero-order chi connectivity index (χ0) is 23.7. The number of benzene rings is 1. The lowest BCUT2D eigenvalue weighted by atomic mass is 10.1. The number of nitrogens with zero attached hydrogens (tertiary/aromatic N) is 3. The number of nitrogens with one attached hydrogen (secondary N) is 2. The highest BCUT2D eigenvalue weighted by Gasteiger charge is 2.30. The Morgan fingerprint density at radius 2 is 1.81 bits per heavy atom. The van der Waals surface area contributed by atoms with Gasteiger partial charge in [0.05, 0.1) is 11.3 Å². The maximum absolute atomic E-state index is 13.5. The molecule has 3 aromatic rings. The van der Waals surface area contributed by atoms with Gasteiger partial charge >= 0.3 is 0 Å². The molecular formula is C22H24FN5O4. The van der Waals surface area contributed by atoms with E-state index in [1.165, 1.54) is 22.8 Å². The lowest BCUT2D eigenvalue weighted by Crippen LogP contribution is -2.34. The van der Waals surface area contributed by atoms with Crippen LogP contribution in [0.15, 0.2) is 22.6 Å². The van der Waals surface area contributed by atoms with Crippen molar-refractivity contribution in [2.75, 3.05) is 5.32 Å². The number of carbonyl (C=O) groups excluding carboxylic acids is 3. The predicted molar refractivity (Wildman–Crippen MR) is 114 cm³/mol. The van der Waals surface area contributed by atoms with Crippen LogP contribution in [0.3, 0.4) is 0 Å². The van der Waals surface area contributed by atoms with Gasteiger partial charge in [0.1, 0.15) is 11.9 Å². The number of amides is 2. The van der Waals surface area contributed by atoms with Crippen molar-refractivity contribution in [1.82, 2.24) is 20.1 Å². The summed E-state index contributed by atoms with van der Waals surface area (Å²) >= 11 is 0. The van der Waals surface area contributed by atoms with Crippen LogP contribution in [0, 0.1) is 33.5 Å². The van der Waals surface area contributed by atoms with Crippen LogP contribution in [0.2, 0.25) is 0 Å². The van der Waals surface area contributed by atoms with Crippen LogP contribution in [0.25, 0.3) is 0 Å². The minimum absolute atomic E-state index is 0.0920. The maximum atomic E-state index is 13.5. The molecule has 0 saturated carbocycles. The summed E-state index contributed by atoms with van der Waals surface area (Å²) in [5.74, 6) is -1.98. The number of ketones is 1. The minimum Gasteiger partial charge on any atom is -0.423 e. The molecule has 0 fully saturated rings. The number of Topliss-reactive ketones (excluding diaryl/α,β-unsaturated/α-hetero) is 1. The molecule has 0 aliphatic heterocycles. The van der Waals surface area contributed by atoms with Crippen molar-refractivity contribution in [2.24, 2.45) is 7.05 Å². The van der Waals surface area contributed by atoms with Gasteiger partial charge in [-0.3, -0.25) is 14.4 Å². The number of hydrogen-bond acceptors (Lipinski definition) is 6. The average Bonchev–Trinajstić information content (AvgIpc) is 3.25. The Kier molecular flexibility index (Phi) is 6.24. The Labute approximate surface area is 184 Å². The highest BCUT2D eigenvalue weighted by atomic mass is 19.1. The van der Waals surface area contributed by atoms with Crippen LogP contribution in [0.1, 0.15) is 62.4 Å². The SMILES string of the molecule is Cc1nnc(C(C)NC(=O)C(=O)c2c(C)c(C(=O)Nc3ccc(F)c(C)c3)c(C)n2C)o1. The van der Waals surface area contributed by atoms with Crippen LogP contribution in [0.5, 0.6) is 0 Å². The standard InChI is InChI=1S/C22H24FN5O4/c1-10-9-15(7-8-16(10)23)25-20(30)17-11(2)18(28(6)13(17)4)19(29)21(31)24-12(3)22-27-26-14(5)32-22/h7-9,12H,1-6H3,(H,24,31)(H,25,30). The first-order valence-corrected chi connectivity index (χ1v) is 9.89. The fraction of sp³-hybridized carbons (Fsp3) is 0.318. The second kappa shape index (κ2) is 8.74. The van der Waals surface area contributed by atoms with Gasteiger partial charge in [-0.1, -0.05) is 0 Å². The molecule has 3 rings (SSSR count). The molecule has 1 atom stereocenters. The van der Waals surface area contributed by atoms with E-state index in [1.54, 1.807) is 41.7 Å². The summed E-state index contributed by atoms with van der Waals surface area (Å²) in [7, 11) is 1.60. The van der Waals surface area contributed by atoms with E-state index in [0.29, 0.717) is 28.4 Å². The molecule has 0 spiro atoms. The molecular weight excluding hydrogens is 417 g/mol. The first kappa shape index (κ1) is 22.9. The molecule has 1 aromatic carbocycles. The fourth-order valence-electron chi connectivity index (χ4n) is 3.47. The number of carbonyl (C=O) groups is 3. The summed E-state index contributed by atoms with van der Waals surface area (Å²) in [4.78, 5) is 38.4. The third kappa shape index (κ3) is 4.29. The van der Waals surface area contributed by atoms with Crippen molar-refractivity contribution in [3.63, 3.8) is 0 Å². The third-order valence-corrected chi connectivity index (χ3v) is 5.25. The molecule has 2 heterocycles. The van der Waals surface area contributed by atoms with Gasteiger partial charge in [0.15, 0.2) is 0 Å². The highest BCUT2D eigenvalue weighted by Crippen LogP contribution is 2.24. The van der Waals surface area contributed by atoms with Gasteiger partial charge in [-0.05, 0) is 57.0 Å². The molecule has 0 bridgehead atoms. The number of rotatable bonds is 6. The Hall–Kier alpha value is -3.82. The number of halogens is 1. The van der Waals surface area contributed by atoms with Crippen molar-refractivity contribution in [1.29, 1.82) is 0 Å². The van der Waals surface area contributed by atoms with E-state index < -0.39 is 23.6 Å². The van der Waals surface area contributed by atoms with Gasteiger partial charge in [0.25, 0.3) is 17.6 Å². The Balaban J connectivity index is 1.84. The van der Waals surface area contributed by atoms with Crippen molar-refractivity contribution in [3.8, 4) is 0 Å². The molecule has 0 radical (unpaired) electrons. The van der Waals surface area contributed by atoms with Gasteiger partial charge < -0.3 is 19.6 Å². The van der Waals surface area contributed by atoms with Crippen LogP contribution >= 0.6 is 0 Å². The van der Waals surface area contributed by atoms with E-state index in [0.717, 1.165) is 0 Å².